The monoisotopic (exact) mass is 445 g/mol. The number of rotatable bonds is 4. The smallest absolute Gasteiger partial charge is 0.317 e. The van der Waals surface area contributed by atoms with Gasteiger partial charge in [0.2, 0.25) is 0 Å². The Morgan fingerprint density at radius 1 is 0.818 bits per heavy atom. The van der Waals surface area contributed by atoms with Crippen molar-refractivity contribution in [2.24, 2.45) is 0 Å². The first-order valence-electron chi connectivity index (χ1n) is 11.8. The van der Waals surface area contributed by atoms with Gasteiger partial charge in [0, 0.05) is 51.4 Å². The maximum absolute atomic E-state index is 12.8. The van der Waals surface area contributed by atoms with Gasteiger partial charge < -0.3 is 20.0 Å². The second kappa shape index (κ2) is 10.9. The van der Waals surface area contributed by atoms with E-state index in [1.54, 1.807) is 0 Å². The highest BCUT2D eigenvalue weighted by Crippen LogP contribution is 2.21. The summed E-state index contributed by atoms with van der Waals surface area (Å²) in [6.45, 7) is 4.90. The van der Waals surface area contributed by atoms with E-state index in [0.29, 0.717) is 37.3 Å². The van der Waals surface area contributed by atoms with Gasteiger partial charge in [0.15, 0.2) is 0 Å². The zero-order valence-corrected chi connectivity index (χ0v) is 19.0. The van der Waals surface area contributed by atoms with Crippen molar-refractivity contribution in [3.63, 3.8) is 0 Å². The Morgan fingerprint density at radius 2 is 1.55 bits per heavy atom. The largest absolute Gasteiger partial charge is 0.369 e. The molecule has 0 aromatic heterocycles. The molecule has 0 unspecified atom stereocenters. The molecular formula is C26H31N5O2. The van der Waals surface area contributed by atoms with Crippen LogP contribution < -0.4 is 10.2 Å². The third kappa shape index (κ3) is 5.64. The van der Waals surface area contributed by atoms with Gasteiger partial charge in [0.05, 0.1) is 11.3 Å². The topological polar surface area (TPSA) is 79.7 Å². The number of urea groups is 1. The molecule has 4 rings (SSSR count). The summed E-state index contributed by atoms with van der Waals surface area (Å²) in [5, 5.41) is 12.4. The van der Waals surface area contributed by atoms with E-state index in [1.807, 2.05) is 58.3 Å². The highest BCUT2D eigenvalue weighted by molar-refractivity contribution is 5.94. The third-order valence-electron chi connectivity index (χ3n) is 6.44. The van der Waals surface area contributed by atoms with E-state index in [4.69, 9.17) is 0 Å². The lowest BCUT2D eigenvalue weighted by molar-refractivity contribution is 0.0724. The Morgan fingerprint density at radius 3 is 2.30 bits per heavy atom. The van der Waals surface area contributed by atoms with Gasteiger partial charge >= 0.3 is 6.03 Å². The van der Waals surface area contributed by atoms with Crippen molar-refractivity contribution in [3.8, 4) is 6.07 Å². The van der Waals surface area contributed by atoms with Crippen molar-refractivity contribution in [2.45, 2.75) is 32.2 Å². The summed E-state index contributed by atoms with van der Waals surface area (Å²) < 4.78 is 0. The number of benzene rings is 2. The second-order valence-corrected chi connectivity index (χ2v) is 8.67. The van der Waals surface area contributed by atoms with E-state index < -0.39 is 0 Å². The second-order valence-electron chi connectivity index (χ2n) is 8.67. The maximum Gasteiger partial charge on any atom is 0.317 e. The summed E-state index contributed by atoms with van der Waals surface area (Å²) in [5.74, 6) is 0.0948. The van der Waals surface area contributed by atoms with E-state index in [2.05, 4.69) is 16.3 Å². The normalized spacial score (nSPS) is 16.6. The molecule has 0 saturated carbocycles. The van der Waals surface area contributed by atoms with Crippen molar-refractivity contribution in [1.29, 1.82) is 5.26 Å². The summed E-state index contributed by atoms with van der Waals surface area (Å²) in [4.78, 5) is 31.3. The average molecular weight is 446 g/mol. The number of amides is 3. The molecule has 0 atom stereocenters. The Bertz CT molecular complexity index is 1010. The average Bonchev–Trinajstić information content (AvgIpc) is 3.14. The van der Waals surface area contributed by atoms with Crippen LogP contribution in [0.1, 0.15) is 47.2 Å². The molecule has 33 heavy (non-hydrogen) atoms. The Balaban J connectivity index is 1.28. The molecule has 0 bridgehead atoms. The first-order valence-corrected chi connectivity index (χ1v) is 11.8. The van der Waals surface area contributed by atoms with Crippen LogP contribution in [-0.4, -0.2) is 61.0 Å². The third-order valence-corrected chi connectivity index (χ3v) is 6.44. The Labute approximate surface area is 195 Å². The summed E-state index contributed by atoms with van der Waals surface area (Å²) in [6.07, 6.45) is 4.20. The van der Waals surface area contributed by atoms with Gasteiger partial charge in [-0.3, -0.25) is 4.79 Å². The van der Waals surface area contributed by atoms with Crippen LogP contribution in [0.2, 0.25) is 0 Å². The fraction of sp³-hybridized carbons (Fsp3) is 0.423. The first kappa shape index (κ1) is 22.7. The molecule has 0 aliphatic carbocycles. The number of hydrogen-bond acceptors (Lipinski definition) is 4. The number of nitrogens with one attached hydrogen (secondary N) is 1. The molecule has 2 aliphatic rings. The molecular weight excluding hydrogens is 414 g/mol. The zero-order valence-electron chi connectivity index (χ0n) is 19.0. The molecule has 2 saturated heterocycles. The van der Waals surface area contributed by atoms with Gasteiger partial charge in [0.25, 0.3) is 5.91 Å². The van der Waals surface area contributed by atoms with Gasteiger partial charge in [0.1, 0.15) is 6.07 Å². The van der Waals surface area contributed by atoms with Crippen LogP contribution in [0.15, 0.2) is 48.5 Å². The predicted octanol–water partition coefficient (Wildman–Crippen LogP) is 3.61. The number of nitriles is 1. The molecule has 7 heteroatoms. The number of likely N-dealkylation sites (tertiary alicyclic amines) is 1. The van der Waals surface area contributed by atoms with E-state index in [-0.39, 0.29) is 11.9 Å². The van der Waals surface area contributed by atoms with Crippen molar-refractivity contribution in [3.05, 3.63) is 65.2 Å². The van der Waals surface area contributed by atoms with Gasteiger partial charge in [-0.05, 0) is 55.5 Å². The van der Waals surface area contributed by atoms with E-state index in [9.17, 15) is 14.9 Å². The van der Waals surface area contributed by atoms with Crippen LogP contribution in [0.5, 0.6) is 0 Å². The minimum absolute atomic E-state index is 0.0844. The lowest BCUT2D eigenvalue weighted by Crippen LogP contribution is -2.41. The number of hydrogen-bond donors (Lipinski definition) is 1. The minimum Gasteiger partial charge on any atom is -0.369 e. The van der Waals surface area contributed by atoms with E-state index >= 15 is 0 Å². The number of carbonyl (C=O) groups excluding carboxylic acids is 2. The van der Waals surface area contributed by atoms with Crippen LogP contribution in [0.25, 0.3) is 0 Å². The maximum atomic E-state index is 12.8. The quantitative estimate of drug-likeness (QED) is 0.780. The van der Waals surface area contributed by atoms with Crippen LogP contribution in [0.3, 0.4) is 0 Å². The molecule has 2 aliphatic heterocycles. The van der Waals surface area contributed by atoms with Crippen molar-refractivity contribution in [1.82, 2.24) is 15.1 Å². The number of anilines is 1. The lowest BCUT2D eigenvalue weighted by Gasteiger charge is -2.26. The van der Waals surface area contributed by atoms with Gasteiger partial charge in [-0.2, -0.15) is 5.26 Å². The van der Waals surface area contributed by atoms with Gasteiger partial charge in [-0.25, -0.2) is 4.79 Å². The zero-order chi connectivity index (χ0) is 23.0. The molecule has 0 spiro atoms. The molecule has 2 fully saturated rings. The number of nitrogens with zero attached hydrogens (tertiary/aromatic N) is 4. The fourth-order valence-corrected chi connectivity index (χ4v) is 4.54. The predicted molar refractivity (Wildman–Crippen MR) is 128 cm³/mol. The van der Waals surface area contributed by atoms with Crippen LogP contribution in [0, 0.1) is 11.3 Å². The number of piperidine rings is 1. The molecule has 1 N–H and O–H groups in total. The summed E-state index contributed by atoms with van der Waals surface area (Å²) >= 11 is 0. The molecule has 7 nitrogen and oxygen atoms in total. The summed E-state index contributed by atoms with van der Waals surface area (Å²) in [5.41, 5.74) is 3.27. The van der Waals surface area contributed by atoms with Crippen LogP contribution in [0.4, 0.5) is 10.5 Å². The first-order chi connectivity index (χ1) is 16.2. The number of carbonyl (C=O) groups is 2. The Hall–Kier alpha value is -3.53. The van der Waals surface area contributed by atoms with Crippen LogP contribution in [-0.2, 0) is 6.54 Å². The molecule has 2 heterocycles. The summed E-state index contributed by atoms with van der Waals surface area (Å²) in [6, 6.07) is 17.3. The minimum atomic E-state index is -0.0844. The highest BCUT2D eigenvalue weighted by atomic mass is 16.2. The molecule has 3 amide bonds. The molecule has 2 aromatic carbocycles. The van der Waals surface area contributed by atoms with Crippen molar-refractivity contribution >= 4 is 17.6 Å². The van der Waals surface area contributed by atoms with Crippen molar-refractivity contribution < 1.29 is 9.59 Å². The standard InChI is InChI=1S/C26H31N5O2/c27-19-23-7-2-3-8-24(23)29-15-6-16-31(18-17-29)26(33)28-20-21-9-11-22(12-10-21)25(32)30-13-4-1-5-14-30/h2-3,7-12H,1,4-6,13-18,20H2,(H,28,33). The summed E-state index contributed by atoms with van der Waals surface area (Å²) in [7, 11) is 0. The molecule has 2 aromatic rings. The van der Waals surface area contributed by atoms with Gasteiger partial charge in [-0.15, -0.1) is 0 Å². The molecule has 172 valence electrons. The number of para-hydroxylation sites is 1. The van der Waals surface area contributed by atoms with Crippen LogP contribution >= 0.6 is 0 Å². The van der Waals surface area contributed by atoms with E-state index in [0.717, 1.165) is 50.1 Å². The Kier molecular flexibility index (Phi) is 7.46. The van der Waals surface area contributed by atoms with Gasteiger partial charge in [-0.1, -0.05) is 24.3 Å². The molecule has 0 radical (unpaired) electrons. The van der Waals surface area contributed by atoms with E-state index in [1.165, 1.54) is 6.42 Å². The highest BCUT2D eigenvalue weighted by Gasteiger charge is 2.21. The SMILES string of the molecule is N#Cc1ccccc1N1CCCN(C(=O)NCc2ccc(C(=O)N3CCCCC3)cc2)CC1. The fourth-order valence-electron chi connectivity index (χ4n) is 4.54. The lowest BCUT2D eigenvalue weighted by atomic mass is 10.1. The van der Waals surface area contributed by atoms with Crippen molar-refractivity contribution in [2.75, 3.05) is 44.2 Å².